The minimum atomic E-state index is -3.45. The number of carbonyl (C=O) groups excluding carboxylic acids is 1. The molecule has 174 valence electrons. The van der Waals surface area contributed by atoms with Crippen molar-refractivity contribution in [3.63, 3.8) is 0 Å². The van der Waals surface area contributed by atoms with Crippen LogP contribution in [0.4, 0.5) is 10.6 Å². The second-order valence-corrected chi connectivity index (χ2v) is 9.95. The normalized spacial score (nSPS) is 14.8. The first-order valence-electron chi connectivity index (χ1n) is 10.3. The maximum Gasteiger partial charge on any atom is 0.344 e. The summed E-state index contributed by atoms with van der Waals surface area (Å²) in [4.78, 5) is 16.7. The van der Waals surface area contributed by atoms with Gasteiger partial charge in [-0.3, -0.25) is 9.62 Å². The van der Waals surface area contributed by atoms with Crippen LogP contribution in [0, 0.1) is 0 Å². The Morgan fingerprint density at radius 1 is 1.06 bits per heavy atom. The summed E-state index contributed by atoms with van der Waals surface area (Å²) >= 11 is 5.92. The van der Waals surface area contributed by atoms with Crippen molar-refractivity contribution in [2.75, 3.05) is 37.2 Å². The molecular formula is C22H24ClN5O4S. The number of nitrogens with zero attached hydrogens (tertiary/aromatic N) is 4. The van der Waals surface area contributed by atoms with E-state index in [2.05, 4.69) is 14.7 Å². The van der Waals surface area contributed by atoms with Gasteiger partial charge in [0.05, 0.1) is 6.26 Å². The average molecular weight is 490 g/mol. The van der Waals surface area contributed by atoms with Crippen molar-refractivity contribution in [1.82, 2.24) is 19.6 Å². The number of aromatic nitrogens is 2. The number of hydrogen-bond donors (Lipinski definition) is 1. The van der Waals surface area contributed by atoms with Crippen molar-refractivity contribution in [3.8, 4) is 11.5 Å². The molecule has 0 aliphatic carbocycles. The number of rotatable bonds is 6. The van der Waals surface area contributed by atoms with Gasteiger partial charge < -0.3 is 9.64 Å². The summed E-state index contributed by atoms with van der Waals surface area (Å²) in [5.74, 6) is 1.59. The molecule has 1 N–H and O–H groups in total. The summed E-state index contributed by atoms with van der Waals surface area (Å²) in [6, 6.07) is 16.3. The van der Waals surface area contributed by atoms with E-state index in [1.54, 1.807) is 17.0 Å². The molecule has 1 fully saturated rings. The van der Waals surface area contributed by atoms with E-state index < -0.39 is 10.0 Å². The standard InChI is InChI=1S/C22H24ClN5O4S/c1-33(30,31)25-21-9-10-28(24-21)22(29)27-13-11-26(12-14-27)16-17-3-2-4-20(15-17)32-19-7-5-18(23)6-8-19/h2-10,15H,11-14,16H2,1H3,(H,24,25). The number of sulfonamides is 1. The van der Waals surface area contributed by atoms with Gasteiger partial charge in [0, 0.05) is 50.0 Å². The van der Waals surface area contributed by atoms with Gasteiger partial charge in [-0.1, -0.05) is 23.7 Å². The molecule has 9 nitrogen and oxygen atoms in total. The zero-order valence-electron chi connectivity index (χ0n) is 18.0. The molecule has 1 aromatic heterocycles. The van der Waals surface area contributed by atoms with Gasteiger partial charge in [-0.2, -0.15) is 4.68 Å². The number of amides is 1. The SMILES string of the molecule is CS(=O)(=O)Nc1ccn(C(=O)N2CCN(Cc3cccc(Oc4ccc(Cl)cc4)c3)CC2)n1. The Labute approximate surface area is 197 Å². The van der Waals surface area contributed by atoms with Crippen LogP contribution in [0.5, 0.6) is 11.5 Å². The Morgan fingerprint density at radius 3 is 2.48 bits per heavy atom. The number of carbonyl (C=O) groups is 1. The number of benzene rings is 2. The molecule has 1 aliphatic heterocycles. The van der Waals surface area contributed by atoms with E-state index in [1.807, 2.05) is 36.4 Å². The second-order valence-electron chi connectivity index (χ2n) is 7.77. The van der Waals surface area contributed by atoms with Crippen molar-refractivity contribution in [2.45, 2.75) is 6.54 Å². The summed E-state index contributed by atoms with van der Waals surface area (Å²) in [7, 11) is -3.45. The predicted molar refractivity (Wildman–Crippen MR) is 126 cm³/mol. The largest absolute Gasteiger partial charge is 0.457 e. The quantitative estimate of drug-likeness (QED) is 0.569. The lowest BCUT2D eigenvalue weighted by Crippen LogP contribution is -2.49. The molecule has 0 bridgehead atoms. The number of nitrogens with one attached hydrogen (secondary N) is 1. The Balaban J connectivity index is 1.30. The van der Waals surface area contributed by atoms with Crippen LogP contribution >= 0.6 is 11.6 Å². The molecule has 11 heteroatoms. The van der Waals surface area contributed by atoms with Gasteiger partial charge in [0.15, 0.2) is 5.82 Å². The van der Waals surface area contributed by atoms with E-state index in [1.165, 1.54) is 12.3 Å². The van der Waals surface area contributed by atoms with Crippen LogP contribution in [0.1, 0.15) is 5.56 Å². The van der Waals surface area contributed by atoms with Gasteiger partial charge in [0.1, 0.15) is 11.5 Å². The third-order valence-corrected chi connectivity index (χ3v) is 5.90. The first-order valence-corrected chi connectivity index (χ1v) is 12.6. The molecule has 1 amide bonds. The fourth-order valence-corrected chi connectivity index (χ4v) is 4.14. The molecule has 3 aromatic rings. The minimum absolute atomic E-state index is 0.116. The highest BCUT2D eigenvalue weighted by Gasteiger charge is 2.23. The third-order valence-electron chi connectivity index (χ3n) is 5.07. The van der Waals surface area contributed by atoms with E-state index in [4.69, 9.17) is 16.3 Å². The number of ether oxygens (including phenoxy) is 1. The van der Waals surface area contributed by atoms with Crippen LogP contribution < -0.4 is 9.46 Å². The molecule has 0 atom stereocenters. The Hall–Kier alpha value is -3.08. The van der Waals surface area contributed by atoms with E-state index in [9.17, 15) is 13.2 Å². The highest BCUT2D eigenvalue weighted by molar-refractivity contribution is 7.92. The Morgan fingerprint density at radius 2 is 1.79 bits per heavy atom. The van der Waals surface area contributed by atoms with E-state index in [-0.39, 0.29) is 11.8 Å². The van der Waals surface area contributed by atoms with Crippen LogP contribution in [0.15, 0.2) is 60.8 Å². The zero-order chi connectivity index (χ0) is 23.4. The predicted octanol–water partition coefficient (Wildman–Crippen LogP) is 3.49. The fourth-order valence-electron chi connectivity index (χ4n) is 3.52. The summed E-state index contributed by atoms with van der Waals surface area (Å²) in [6.07, 6.45) is 2.49. The molecule has 0 saturated carbocycles. The molecule has 1 saturated heterocycles. The maximum absolute atomic E-state index is 12.7. The lowest BCUT2D eigenvalue weighted by Gasteiger charge is -2.34. The fraction of sp³-hybridized carbons (Fsp3) is 0.273. The van der Waals surface area contributed by atoms with Crippen LogP contribution in [-0.2, 0) is 16.6 Å². The summed E-state index contributed by atoms with van der Waals surface area (Å²) in [6.45, 7) is 3.26. The van der Waals surface area contributed by atoms with Crippen LogP contribution in [0.2, 0.25) is 5.02 Å². The smallest absolute Gasteiger partial charge is 0.344 e. The summed E-state index contributed by atoms with van der Waals surface area (Å²) < 4.78 is 32.0. The molecule has 4 rings (SSSR count). The Bertz CT molecular complexity index is 1220. The number of hydrogen-bond acceptors (Lipinski definition) is 6. The molecule has 2 heterocycles. The molecule has 0 spiro atoms. The lowest BCUT2D eigenvalue weighted by molar-refractivity contribution is 0.134. The average Bonchev–Trinajstić information content (AvgIpc) is 3.22. The van der Waals surface area contributed by atoms with Crippen molar-refractivity contribution in [3.05, 3.63) is 71.4 Å². The molecule has 0 radical (unpaired) electrons. The number of halogens is 1. The molecule has 2 aromatic carbocycles. The molecular weight excluding hydrogens is 466 g/mol. The van der Waals surface area contributed by atoms with E-state index >= 15 is 0 Å². The van der Waals surface area contributed by atoms with Crippen LogP contribution in [0.3, 0.4) is 0 Å². The van der Waals surface area contributed by atoms with Crippen LogP contribution in [0.25, 0.3) is 0 Å². The van der Waals surface area contributed by atoms with Gasteiger partial charge in [-0.05, 0) is 42.0 Å². The van der Waals surface area contributed by atoms with Gasteiger partial charge in [-0.15, -0.1) is 5.10 Å². The van der Waals surface area contributed by atoms with Crippen LogP contribution in [-0.4, -0.2) is 66.5 Å². The van der Waals surface area contributed by atoms with Crippen molar-refractivity contribution in [1.29, 1.82) is 0 Å². The number of anilines is 1. The van der Waals surface area contributed by atoms with Crippen molar-refractivity contribution < 1.29 is 17.9 Å². The highest BCUT2D eigenvalue weighted by atomic mass is 35.5. The first-order chi connectivity index (χ1) is 15.7. The lowest BCUT2D eigenvalue weighted by atomic mass is 10.2. The zero-order valence-corrected chi connectivity index (χ0v) is 19.6. The van der Waals surface area contributed by atoms with Crippen molar-refractivity contribution >= 4 is 33.5 Å². The summed E-state index contributed by atoms with van der Waals surface area (Å²) in [5.41, 5.74) is 1.12. The maximum atomic E-state index is 12.7. The minimum Gasteiger partial charge on any atom is -0.457 e. The Kier molecular flexibility index (Phi) is 6.87. The van der Waals surface area contributed by atoms with E-state index in [0.29, 0.717) is 31.2 Å². The monoisotopic (exact) mass is 489 g/mol. The van der Waals surface area contributed by atoms with Crippen molar-refractivity contribution in [2.24, 2.45) is 0 Å². The molecule has 1 aliphatic rings. The van der Waals surface area contributed by atoms with Gasteiger partial charge in [0.25, 0.3) is 0 Å². The molecule has 0 unspecified atom stereocenters. The van der Waals surface area contributed by atoms with E-state index in [0.717, 1.165) is 34.5 Å². The first kappa shape index (κ1) is 23.1. The molecule has 33 heavy (non-hydrogen) atoms. The van der Waals surface area contributed by atoms with Gasteiger partial charge in [0.2, 0.25) is 10.0 Å². The topological polar surface area (TPSA) is 96.8 Å². The van der Waals surface area contributed by atoms with Gasteiger partial charge >= 0.3 is 6.03 Å². The number of piperazine rings is 1. The van der Waals surface area contributed by atoms with Gasteiger partial charge in [-0.25, -0.2) is 13.2 Å². The third kappa shape index (κ3) is 6.47. The highest BCUT2D eigenvalue weighted by Crippen LogP contribution is 2.24. The summed E-state index contributed by atoms with van der Waals surface area (Å²) in [5, 5.41) is 4.67. The second kappa shape index (κ2) is 9.82.